The molecule has 3 heteroatoms. The van der Waals surface area contributed by atoms with E-state index >= 15 is 0 Å². The number of rotatable bonds is 10. The van der Waals surface area contributed by atoms with Crippen molar-refractivity contribution in [2.45, 2.75) is 59.8 Å². The number of nitrogens with zero attached hydrogens (tertiary/aromatic N) is 2. The Balaban J connectivity index is 1.13. The van der Waals surface area contributed by atoms with E-state index in [1.165, 1.54) is 33.4 Å². The second-order valence-corrected chi connectivity index (χ2v) is 16.9. The number of fused-ring (bicyclic) bond motifs is 7. The summed E-state index contributed by atoms with van der Waals surface area (Å²) >= 11 is 0. The normalized spacial score (nSPS) is 13.1. The van der Waals surface area contributed by atoms with Crippen LogP contribution < -0.4 is 9.80 Å². The molecule has 8 aromatic rings. The van der Waals surface area contributed by atoms with Gasteiger partial charge in [-0.05, 0) is 137 Å². The van der Waals surface area contributed by atoms with Crippen molar-refractivity contribution in [1.82, 2.24) is 0 Å². The van der Waals surface area contributed by atoms with Crippen LogP contribution in [0.3, 0.4) is 0 Å². The number of benzene rings is 7. The van der Waals surface area contributed by atoms with E-state index < -0.39 is 0 Å². The van der Waals surface area contributed by atoms with Gasteiger partial charge in [-0.2, -0.15) is 0 Å². The maximum absolute atomic E-state index is 6.89. The first-order valence-corrected chi connectivity index (χ1v) is 20.2. The summed E-state index contributed by atoms with van der Waals surface area (Å²) in [4.78, 5) is 4.73. The summed E-state index contributed by atoms with van der Waals surface area (Å²) in [6, 6.07) is 57.8. The number of furan rings is 1. The Hall–Kier alpha value is -6.06. The highest BCUT2D eigenvalue weighted by Crippen LogP contribution is 2.54. The topological polar surface area (TPSA) is 19.6 Å². The van der Waals surface area contributed by atoms with E-state index in [0.717, 1.165) is 68.9 Å². The molecular weight excluding hydrogens is 681 g/mol. The van der Waals surface area contributed by atoms with Gasteiger partial charge in [-0.15, -0.1) is 0 Å². The summed E-state index contributed by atoms with van der Waals surface area (Å²) < 4.78 is 6.89. The van der Waals surface area contributed by atoms with Crippen LogP contribution in [0.15, 0.2) is 162 Å². The molecule has 0 unspecified atom stereocenters. The molecule has 0 aliphatic heterocycles. The van der Waals surface area contributed by atoms with Crippen molar-refractivity contribution in [2.75, 3.05) is 9.80 Å². The lowest BCUT2D eigenvalue weighted by atomic mass is 9.81. The summed E-state index contributed by atoms with van der Waals surface area (Å²) in [5.74, 6) is 1.23. The first-order chi connectivity index (χ1) is 27.2. The van der Waals surface area contributed by atoms with Gasteiger partial charge >= 0.3 is 0 Å². The second kappa shape index (κ2) is 14.2. The summed E-state index contributed by atoms with van der Waals surface area (Å²) in [6.07, 6.45) is 2.15. The summed E-state index contributed by atoms with van der Waals surface area (Å²) in [7, 11) is 0. The molecule has 278 valence electrons. The fraction of sp³-hybridized carbons (Fsp3) is 0.208. The number of para-hydroxylation sites is 2. The Morgan fingerprint density at radius 3 is 1.46 bits per heavy atom. The van der Waals surface area contributed by atoms with Gasteiger partial charge in [0.15, 0.2) is 0 Å². The summed E-state index contributed by atoms with van der Waals surface area (Å²) in [6.45, 7) is 13.8. The standard InChI is InChI=1S/C53H50N2O/c1-35(2)31-37-17-21-41(22-18-37)54(39-13-9-7-10-14-39)43-26-30-50-48(33-43)47-29-28-46-45-27-25-44(34-49(45)53(5,6)51(46)52(47)56-50)55(40-15-11-8-12-16-40)42-23-19-38(20-24-42)32-36(3)4/h7-30,33-36H,31-32H2,1-6H3. The molecule has 7 aromatic carbocycles. The average Bonchev–Trinajstić information content (AvgIpc) is 3.68. The van der Waals surface area contributed by atoms with Gasteiger partial charge in [0.25, 0.3) is 0 Å². The molecule has 0 saturated carbocycles. The molecule has 0 bridgehead atoms. The third-order valence-electron chi connectivity index (χ3n) is 11.4. The molecule has 3 nitrogen and oxygen atoms in total. The molecule has 0 saturated heterocycles. The Kier molecular flexibility index (Phi) is 9.05. The van der Waals surface area contributed by atoms with Gasteiger partial charge in [0.2, 0.25) is 0 Å². The molecule has 9 rings (SSSR count). The average molecular weight is 731 g/mol. The molecule has 0 radical (unpaired) electrons. The fourth-order valence-corrected chi connectivity index (χ4v) is 8.92. The molecule has 1 aliphatic rings. The largest absolute Gasteiger partial charge is 0.456 e. The lowest BCUT2D eigenvalue weighted by Crippen LogP contribution is -2.17. The van der Waals surface area contributed by atoms with E-state index in [2.05, 4.69) is 209 Å². The van der Waals surface area contributed by atoms with Crippen molar-refractivity contribution in [3.8, 4) is 11.1 Å². The molecule has 1 aromatic heterocycles. The van der Waals surface area contributed by atoms with E-state index in [-0.39, 0.29) is 5.41 Å². The van der Waals surface area contributed by atoms with Gasteiger partial charge in [-0.3, -0.25) is 0 Å². The first-order valence-electron chi connectivity index (χ1n) is 20.2. The van der Waals surface area contributed by atoms with Gasteiger partial charge in [0.1, 0.15) is 11.2 Å². The van der Waals surface area contributed by atoms with E-state index in [4.69, 9.17) is 4.42 Å². The van der Waals surface area contributed by atoms with Crippen LogP contribution >= 0.6 is 0 Å². The Morgan fingerprint density at radius 1 is 0.464 bits per heavy atom. The van der Waals surface area contributed by atoms with E-state index in [1.807, 2.05) is 0 Å². The molecule has 1 heterocycles. The molecule has 0 spiro atoms. The van der Waals surface area contributed by atoms with Crippen molar-refractivity contribution in [3.05, 3.63) is 180 Å². The van der Waals surface area contributed by atoms with E-state index in [9.17, 15) is 0 Å². The predicted molar refractivity (Wildman–Crippen MR) is 238 cm³/mol. The lowest BCUT2D eigenvalue weighted by Gasteiger charge is -2.28. The minimum Gasteiger partial charge on any atom is -0.456 e. The van der Waals surface area contributed by atoms with Crippen LogP contribution in [0, 0.1) is 11.8 Å². The number of hydrogen-bond acceptors (Lipinski definition) is 3. The molecule has 56 heavy (non-hydrogen) atoms. The highest BCUT2D eigenvalue weighted by atomic mass is 16.3. The van der Waals surface area contributed by atoms with Crippen molar-refractivity contribution < 1.29 is 4.42 Å². The zero-order valence-electron chi connectivity index (χ0n) is 33.4. The summed E-state index contributed by atoms with van der Waals surface area (Å²) in [5, 5.41) is 2.27. The maximum Gasteiger partial charge on any atom is 0.140 e. The predicted octanol–water partition coefficient (Wildman–Crippen LogP) is 15.2. The lowest BCUT2D eigenvalue weighted by molar-refractivity contribution is 0.620. The fourth-order valence-electron chi connectivity index (χ4n) is 8.92. The van der Waals surface area contributed by atoms with Crippen molar-refractivity contribution >= 4 is 56.1 Å². The number of hydrogen-bond donors (Lipinski definition) is 0. The minimum absolute atomic E-state index is 0.284. The smallest absolute Gasteiger partial charge is 0.140 e. The first kappa shape index (κ1) is 35.6. The zero-order valence-corrected chi connectivity index (χ0v) is 33.4. The van der Waals surface area contributed by atoms with Crippen LogP contribution in [0.4, 0.5) is 34.1 Å². The van der Waals surface area contributed by atoms with Gasteiger partial charge < -0.3 is 14.2 Å². The maximum atomic E-state index is 6.89. The molecule has 0 fully saturated rings. The third kappa shape index (κ3) is 6.35. The Bertz CT molecular complexity index is 2650. The Labute approximate surface area is 331 Å². The molecule has 0 amide bonds. The number of anilines is 6. The Morgan fingerprint density at radius 2 is 0.929 bits per heavy atom. The van der Waals surface area contributed by atoms with Crippen LogP contribution in [0.2, 0.25) is 0 Å². The van der Waals surface area contributed by atoms with E-state index in [0.29, 0.717) is 11.8 Å². The van der Waals surface area contributed by atoms with Crippen LogP contribution in [0.1, 0.15) is 63.8 Å². The minimum atomic E-state index is -0.284. The monoisotopic (exact) mass is 730 g/mol. The molecule has 0 N–H and O–H groups in total. The second-order valence-electron chi connectivity index (χ2n) is 16.9. The summed E-state index contributed by atoms with van der Waals surface area (Å²) in [5.41, 5.74) is 16.2. The third-order valence-corrected chi connectivity index (χ3v) is 11.4. The van der Waals surface area contributed by atoms with Crippen LogP contribution in [0.5, 0.6) is 0 Å². The van der Waals surface area contributed by atoms with Crippen LogP contribution in [-0.2, 0) is 18.3 Å². The van der Waals surface area contributed by atoms with E-state index in [1.54, 1.807) is 0 Å². The van der Waals surface area contributed by atoms with Gasteiger partial charge in [0, 0.05) is 55.9 Å². The quantitative estimate of drug-likeness (QED) is 0.140. The van der Waals surface area contributed by atoms with Gasteiger partial charge in [-0.25, -0.2) is 0 Å². The van der Waals surface area contributed by atoms with Gasteiger partial charge in [0.05, 0.1) is 0 Å². The van der Waals surface area contributed by atoms with Crippen LogP contribution in [0.25, 0.3) is 33.1 Å². The molecule has 1 aliphatic carbocycles. The van der Waals surface area contributed by atoms with Crippen molar-refractivity contribution in [1.29, 1.82) is 0 Å². The zero-order chi connectivity index (χ0) is 38.6. The van der Waals surface area contributed by atoms with Crippen molar-refractivity contribution in [2.24, 2.45) is 11.8 Å². The molecular formula is C53H50N2O. The molecule has 0 atom stereocenters. The van der Waals surface area contributed by atoms with Crippen LogP contribution in [-0.4, -0.2) is 0 Å². The van der Waals surface area contributed by atoms with Crippen molar-refractivity contribution in [3.63, 3.8) is 0 Å². The highest BCUT2D eigenvalue weighted by molar-refractivity contribution is 6.10. The van der Waals surface area contributed by atoms with Gasteiger partial charge in [-0.1, -0.05) is 114 Å². The highest BCUT2D eigenvalue weighted by Gasteiger charge is 2.39. The SMILES string of the molecule is CC(C)Cc1ccc(N(c2ccccc2)c2ccc3c(c2)C(C)(C)c2c-3ccc3c2oc2ccc(N(c4ccccc4)c4ccc(CC(C)C)cc4)cc23)cc1.